The number of halogens is 1. The SMILES string of the molecule is CCN(CCCBr)CCc1ccc(OC)cc1. The van der Waals surface area contributed by atoms with Gasteiger partial charge in [0, 0.05) is 11.9 Å². The molecule has 3 heteroatoms. The number of benzene rings is 1. The summed E-state index contributed by atoms with van der Waals surface area (Å²) < 4.78 is 5.15. The lowest BCUT2D eigenvalue weighted by Crippen LogP contribution is -2.27. The molecular formula is C14H22BrNO. The molecule has 0 aromatic heterocycles. The zero-order valence-electron chi connectivity index (χ0n) is 10.8. The summed E-state index contributed by atoms with van der Waals surface area (Å²) in [5.74, 6) is 0.931. The highest BCUT2D eigenvalue weighted by atomic mass is 79.9. The Bertz CT molecular complexity index is 300. The van der Waals surface area contributed by atoms with Crippen LogP contribution in [-0.4, -0.2) is 37.0 Å². The lowest BCUT2D eigenvalue weighted by Gasteiger charge is -2.19. The van der Waals surface area contributed by atoms with Crippen LogP contribution in [0.15, 0.2) is 24.3 Å². The van der Waals surface area contributed by atoms with Gasteiger partial charge >= 0.3 is 0 Å². The molecule has 0 heterocycles. The molecular weight excluding hydrogens is 278 g/mol. The minimum atomic E-state index is 0.931. The fourth-order valence-electron chi connectivity index (χ4n) is 1.79. The predicted octanol–water partition coefficient (Wildman–Crippen LogP) is 3.34. The van der Waals surface area contributed by atoms with Crippen molar-refractivity contribution in [3.63, 3.8) is 0 Å². The minimum Gasteiger partial charge on any atom is -0.497 e. The molecule has 1 aromatic carbocycles. The standard InChI is InChI=1S/C14H22BrNO/c1-3-16(11-4-10-15)12-9-13-5-7-14(17-2)8-6-13/h5-8H,3-4,9-12H2,1-2H3. The van der Waals surface area contributed by atoms with Crippen LogP contribution in [0.5, 0.6) is 5.75 Å². The molecule has 0 aliphatic heterocycles. The van der Waals surface area contributed by atoms with E-state index >= 15 is 0 Å². The topological polar surface area (TPSA) is 12.5 Å². The average molecular weight is 300 g/mol. The molecule has 0 fully saturated rings. The van der Waals surface area contributed by atoms with Crippen molar-refractivity contribution in [2.24, 2.45) is 0 Å². The molecule has 0 aliphatic carbocycles. The van der Waals surface area contributed by atoms with E-state index in [2.05, 4.69) is 39.9 Å². The molecule has 0 atom stereocenters. The number of nitrogens with zero attached hydrogens (tertiary/aromatic N) is 1. The molecule has 96 valence electrons. The second-order valence-corrected chi connectivity index (χ2v) is 4.87. The largest absolute Gasteiger partial charge is 0.497 e. The van der Waals surface area contributed by atoms with Gasteiger partial charge in [0.15, 0.2) is 0 Å². The second kappa shape index (κ2) is 8.54. The second-order valence-electron chi connectivity index (χ2n) is 4.07. The van der Waals surface area contributed by atoms with Crippen molar-refractivity contribution in [3.05, 3.63) is 29.8 Å². The zero-order chi connectivity index (χ0) is 12.5. The van der Waals surface area contributed by atoms with Crippen LogP contribution < -0.4 is 4.74 Å². The number of methoxy groups -OCH3 is 1. The highest BCUT2D eigenvalue weighted by Crippen LogP contribution is 2.12. The van der Waals surface area contributed by atoms with E-state index in [0.29, 0.717) is 0 Å². The molecule has 17 heavy (non-hydrogen) atoms. The van der Waals surface area contributed by atoms with Gasteiger partial charge in [-0.25, -0.2) is 0 Å². The molecule has 1 rings (SSSR count). The highest BCUT2D eigenvalue weighted by molar-refractivity contribution is 9.09. The summed E-state index contributed by atoms with van der Waals surface area (Å²) in [6.45, 7) is 5.67. The number of rotatable bonds is 8. The van der Waals surface area contributed by atoms with Crippen molar-refractivity contribution in [2.75, 3.05) is 32.1 Å². The molecule has 0 aliphatic rings. The number of hydrogen-bond acceptors (Lipinski definition) is 2. The lowest BCUT2D eigenvalue weighted by atomic mass is 10.1. The van der Waals surface area contributed by atoms with Gasteiger partial charge in [0.25, 0.3) is 0 Å². The van der Waals surface area contributed by atoms with Gasteiger partial charge in [0.05, 0.1) is 7.11 Å². The quantitative estimate of drug-likeness (QED) is 0.683. The Kier molecular flexibility index (Phi) is 7.29. The number of hydrogen-bond donors (Lipinski definition) is 0. The van der Waals surface area contributed by atoms with Gasteiger partial charge in [-0.2, -0.15) is 0 Å². The van der Waals surface area contributed by atoms with Crippen LogP contribution in [0.3, 0.4) is 0 Å². The van der Waals surface area contributed by atoms with E-state index in [4.69, 9.17) is 4.74 Å². The third kappa shape index (κ3) is 5.55. The Hall–Kier alpha value is -0.540. The third-order valence-corrected chi connectivity index (χ3v) is 3.49. The first-order valence-electron chi connectivity index (χ1n) is 6.21. The molecule has 0 N–H and O–H groups in total. The molecule has 1 aromatic rings. The number of ether oxygens (including phenoxy) is 1. The molecule has 2 nitrogen and oxygen atoms in total. The van der Waals surface area contributed by atoms with Crippen LogP contribution in [0.4, 0.5) is 0 Å². The Balaban J connectivity index is 2.36. The van der Waals surface area contributed by atoms with Gasteiger partial charge in [-0.1, -0.05) is 35.0 Å². The van der Waals surface area contributed by atoms with E-state index in [0.717, 1.165) is 30.6 Å². The fraction of sp³-hybridized carbons (Fsp3) is 0.571. The van der Waals surface area contributed by atoms with Crippen molar-refractivity contribution < 1.29 is 4.74 Å². The summed E-state index contributed by atoms with van der Waals surface area (Å²) in [7, 11) is 1.70. The van der Waals surface area contributed by atoms with Crippen LogP contribution in [0.1, 0.15) is 18.9 Å². The molecule has 0 radical (unpaired) electrons. The highest BCUT2D eigenvalue weighted by Gasteiger charge is 2.02. The summed E-state index contributed by atoms with van der Waals surface area (Å²) in [4.78, 5) is 2.49. The summed E-state index contributed by atoms with van der Waals surface area (Å²) >= 11 is 3.48. The molecule has 0 saturated carbocycles. The summed E-state index contributed by atoms with van der Waals surface area (Å²) in [5, 5.41) is 1.09. The van der Waals surface area contributed by atoms with Crippen LogP contribution in [0.2, 0.25) is 0 Å². The molecule has 0 amide bonds. The van der Waals surface area contributed by atoms with Gasteiger partial charge in [-0.15, -0.1) is 0 Å². The van der Waals surface area contributed by atoms with Crippen molar-refractivity contribution in [1.29, 1.82) is 0 Å². The number of likely N-dealkylation sites (N-methyl/N-ethyl adjacent to an activating group) is 1. The Morgan fingerprint density at radius 3 is 2.41 bits per heavy atom. The van der Waals surface area contributed by atoms with Crippen molar-refractivity contribution in [3.8, 4) is 5.75 Å². The van der Waals surface area contributed by atoms with Gasteiger partial charge < -0.3 is 9.64 Å². The fourth-order valence-corrected chi connectivity index (χ4v) is 2.04. The van der Waals surface area contributed by atoms with E-state index < -0.39 is 0 Å². The van der Waals surface area contributed by atoms with Crippen molar-refractivity contribution >= 4 is 15.9 Å². The van der Waals surface area contributed by atoms with E-state index in [1.54, 1.807) is 7.11 Å². The molecule has 0 unspecified atom stereocenters. The Morgan fingerprint density at radius 2 is 1.88 bits per heavy atom. The van der Waals surface area contributed by atoms with E-state index in [-0.39, 0.29) is 0 Å². The van der Waals surface area contributed by atoms with Crippen LogP contribution in [0, 0.1) is 0 Å². The molecule has 0 bridgehead atoms. The van der Waals surface area contributed by atoms with E-state index in [1.165, 1.54) is 18.5 Å². The smallest absolute Gasteiger partial charge is 0.118 e. The van der Waals surface area contributed by atoms with E-state index in [1.807, 2.05) is 12.1 Å². The third-order valence-electron chi connectivity index (χ3n) is 2.93. The van der Waals surface area contributed by atoms with Crippen LogP contribution in [-0.2, 0) is 6.42 Å². The first-order valence-corrected chi connectivity index (χ1v) is 7.33. The maximum Gasteiger partial charge on any atom is 0.118 e. The van der Waals surface area contributed by atoms with Gasteiger partial charge in [0.2, 0.25) is 0 Å². The first-order chi connectivity index (χ1) is 8.30. The monoisotopic (exact) mass is 299 g/mol. The molecule has 0 spiro atoms. The summed E-state index contributed by atoms with van der Waals surface area (Å²) in [6.07, 6.45) is 2.33. The maximum absolute atomic E-state index is 5.15. The Labute approximate surface area is 113 Å². The normalized spacial score (nSPS) is 10.8. The number of alkyl halides is 1. The summed E-state index contributed by atoms with van der Waals surface area (Å²) in [5.41, 5.74) is 1.38. The summed E-state index contributed by atoms with van der Waals surface area (Å²) in [6, 6.07) is 8.36. The lowest BCUT2D eigenvalue weighted by molar-refractivity contribution is 0.293. The average Bonchev–Trinajstić information content (AvgIpc) is 2.39. The zero-order valence-corrected chi connectivity index (χ0v) is 12.4. The maximum atomic E-state index is 5.15. The van der Waals surface area contributed by atoms with Crippen LogP contribution >= 0.6 is 15.9 Å². The van der Waals surface area contributed by atoms with Crippen molar-refractivity contribution in [2.45, 2.75) is 19.8 Å². The first kappa shape index (κ1) is 14.5. The predicted molar refractivity (Wildman–Crippen MR) is 77.2 cm³/mol. The van der Waals surface area contributed by atoms with Crippen LogP contribution in [0.25, 0.3) is 0 Å². The van der Waals surface area contributed by atoms with Gasteiger partial charge in [0.1, 0.15) is 5.75 Å². The minimum absolute atomic E-state index is 0.931. The van der Waals surface area contributed by atoms with E-state index in [9.17, 15) is 0 Å². The van der Waals surface area contributed by atoms with Crippen molar-refractivity contribution in [1.82, 2.24) is 4.90 Å². The molecule has 0 saturated heterocycles. The Morgan fingerprint density at radius 1 is 1.18 bits per heavy atom. The van der Waals surface area contributed by atoms with Gasteiger partial charge in [-0.3, -0.25) is 0 Å². The van der Waals surface area contributed by atoms with Gasteiger partial charge in [-0.05, 0) is 43.6 Å².